The molecule has 1 amide bonds. The normalized spacial score (nSPS) is 10.4. The number of aromatic nitrogens is 2. The van der Waals surface area contributed by atoms with Gasteiger partial charge < -0.3 is 5.32 Å². The summed E-state index contributed by atoms with van der Waals surface area (Å²) in [5.74, 6) is -0.0622. The molecule has 0 saturated heterocycles. The van der Waals surface area contributed by atoms with Gasteiger partial charge in [-0.25, -0.2) is 0 Å². The Kier molecular flexibility index (Phi) is 2.49. The van der Waals surface area contributed by atoms with Crippen LogP contribution in [0.3, 0.4) is 0 Å². The summed E-state index contributed by atoms with van der Waals surface area (Å²) in [6, 6.07) is 5.59. The summed E-state index contributed by atoms with van der Waals surface area (Å²) in [5, 5.41) is 10.8. The Morgan fingerprint density at radius 2 is 2.43 bits per heavy atom. The number of nitrogens with zero attached hydrogens (tertiary/aromatic N) is 1. The number of aromatic amines is 1. The van der Waals surface area contributed by atoms with Crippen molar-refractivity contribution in [2.45, 2.75) is 0 Å². The number of amides is 1. The van der Waals surface area contributed by atoms with Crippen LogP contribution in [0.5, 0.6) is 0 Å². The van der Waals surface area contributed by atoms with Crippen molar-refractivity contribution in [1.82, 2.24) is 10.2 Å². The quantitative estimate of drug-likeness (QED) is 0.804. The zero-order valence-corrected chi connectivity index (χ0v) is 8.84. The first kappa shape index (κ1) is 9.21. The Balaban J connectivity index is 2.30. The van der Waals surface area contributed by atoms with Gasteiger partial charge in [-0.2, -0.15) is 5.10 Å². The first-order valence-electron chi connectivity index (χ1n) is 4.08. The molecule has 0 spiro atoms. The molecule has 2 rings (SSSR count). The molecule has 4 nitrogen and oxygen atoms in total. The summed E-state index contributed by atoms with van der Waals surface area (Å²) in [7, 11) is 0. The molecule has 0 fully saturated rings. The molecule has 2 N–H and O–H groups in total. The monoisotopic (exact) mass is 253 g/mol. The smallest absolute Gasteiger partial charge is 0.235 e. The first-order valence-corrected chi connectivity index (χ1v) is 5.20. The summed E-state index contributed by atoms with van der Waals surface area (Å²) in [6.45, 7) is 0. The van der Waals surface area contributed by atoms with Crippen LogP contribution in [0.2, 0.25) is 0 Å². The van der Waals surface area contributed by atoms with Crippen molar-refractivity contribution in [3.8, 4) is 0 Å². The number of benzene rings is 1. The second-order valence-corrected chi connectivity index (χ2v) is 3.41. The van der Waals surface area contributed by atoms with Crippen LogP contribution in [0, 0.1) is 0 Å². The molecule has 1 aromatic heterocycles. The van der Waals surface area contributed by atoms with Crippen molar-refractivity contribution in [3.63, 3.8) is 0 Å². The maximum atomic E-state index is 11.1. The van der Waals surface area contributed by atoms with Crippen LogP contribution in [-0.2, 0) is 4.79 Å². The lowest BCUT2D eigenvalue weighted by molar-refractivity contribution is -0.113. The van der Waals surface area contributed by atoms with Gasteiger partial charge in [0.1, 0.15) is 0 Å². The highest BCUT2D eigenvalue weighted by atomic mass is 79.9. The number of carbonyl (C=O) groups excluding carboxylic acids is 1. The number of anilines is 1. The van der Waals surface area contributed by atoms with Crippen LogP contribution < -0.4 is 5.32 Å². The molecule has 0 aliphatic heterocycles. The van der Waals surface area contributed by atoms with Crippen LogP contribution in [0.15, 0.2) is 24.4 Å². The second kappa shape index (κ2) is 3.79. The molecule has 0 atom stereocenters. The molecule has 72 valence electrons. The van der Waals surface area contributed by atoms with Gasteiger partial charge in [-0.1, -0.05) is 15.9 Å². The molecular formula is C9H8BrN3O. The van der Waals surface area contributed by atoms with Gasteiger partial charge in [-0.15, -0.1) is 0 Å². The number of hydrogen-bond donors (Lipinski definition) is 2. The Morgan fingerprint density at radius 1 is 1.57 bits per heavy atom. The van der Waals surface area contributed by atoms with Crippen molar-refractivity contribution in [2.75, 3.05) is 10.6 Å². The van der Waals surface area contributed by atoms with Gasteiger partial charge in [0.15, 0.2) is 0 Å². The van der Waals surface area contributed by atoms with Crippen LogP contribution in [0.4, 0.5) is 5.69 Å². The summed E-state index contributed by atoms with van der Waals surface area (Å²) in [5.41, 5.74) is 1.74. The van der Waals surface area contributed by atoms with Crippen LogP contribution in [0.25, 0.3) is 10.9 Å². The van der Waals surface area contributed by atoms with Crippen LogP contribution in [-0.4, -0.2) is 21.4 Å². The van der Waals surface area contributed by atoms with Crippen LogP contribution >= 0.6 is 15.9 Å². The van der Waals surface area contributed by atoms with Crippen molar-refractivity contribution in [1.29, 1.82) is 0 Å². The fraction of sp³-hybridized carbons (Fsp3) is 0.111. The van der Waals surface area contributed by atoms with Gasteiger partial charge in [-0.05, 0) is 18.2 Å². The van der Waals surface area contributed by atoms with E-state index in [-0.39, 0.29) is 5.91 Å². The number of rotatable bonds is 2. The molecule has 2 aromatic rings. The van der Waals surface area contributed by atoms with E-state index in [2.05, 4.69) is 31.4 Å². The third-order valence-corrected chi connectivity index (χ3v) is 2.35. The van der Waals surface area contributed by atoms with Gasteiger partial charge in [0.25, 0.3) is 0 Å². The minimum atomic E-state index is -0.0622. The Morgan fingerprint density at radius 3 is 3.21 bits per heavy atom. The van der Waals surface area contributed by atoms with E-state index >= 15 is 0 Å². The lowest BCUT2D eigenvalue weighted by Crippen LogP contribution is -2.11. The highest BCUT2D eigenvalue weighted by Gasteiger charge is 2.01. The van der Waals surface area contributed by atoms with Crippen molar-refractivity contribution in [2.24, 2.45) is 0 Å². The van der Waals surface area contributed by atoms with E-state index in [1.807, 2.05) is 18.2 Å². The van der Waals surface area contributed by atoms with Gasteiger partial charge in [-0.3, -0.25) is 9.89 Å². The van der Waals surface area contributed by atoms with Crippen LogP contribution in [0.1, 0.15) is 0 Å². The Labute approximate surface area is 88.8 Å². The number of halogens is 1. The fourth-order valence-corrected chi connectivity index (χ4v) is 1.36. The van der Waals surface area contributed by atoms with E-state index in [1.165, 1.54) is 0 Å². The summed E-state index contributed by atoms with van der Waals surface area (Å²) in [6.07, 6.45) is 1.72. The third-order valence-electron chi connectivity index (χ3n) is 1.85. The van der Waals surface area contributed by atoms with Gasteiger partial charge in [0.2, 0.25) is 5.91 Å². The lowest BCUT2D eigenvalue weighted by atomic mass is 10.2. The summed E-state index contributed by atoms with van der Waals surface area (Å²) >= 11 is 3.08. The largest absolute Gasteiger partial charge is 0.325 e. The predicted molar refractivity (Wildman–Crippen MR) is 58.5 cm³/mol. The topological polar surface area (TPSA) is 57.8 Å². The van der Waals surface area contributed by atoms with Gasteiger partial charge >= 0.3 is 0 Å². The van der Waals surface area contributed by atoms with E-state index < -0.39 is 0 Å². The number of hydrogen-bond acceptors (Lipinski definition) is 2. The molecule has 0 saturated carbocycles. The van der Waals surface area contributed by atoms with E-state index in [1.54, 1.807) is 6.20 Å². The number of carbonyl (C=O) groups is 1. The molecule has 0 aliphatic carbocycles. The first-order chi connectivity index (χ1) is 6.79. The molecule has 1 aromatic carbocycles. The average Bonchev–Trinajstić information content (AvgIpc) is 2.64. The molecule has 5 heteroatoms. The van der Waals surface area contributed by atoms with E-state index in [0.717, 1.165) is 16.6 Å². The number of H-pyrrole nitrogens is 1. The SMILES string of the molecule is O=C(CBr)Nc1ccc2[nH]ncc2c1. The predicted octanol–water partition coefficient (Wildman–Crippen LogP) is 1.90. The highest BCUT2D eigenvalue weighted by Crippen LogP contribution is 2.16. The van der Waals surface area contributed by atoms with E-state index in [9.17, 15) is 4.79 Å². The minimum Gasteiger partial charge on any atom is -0.325 e. The Bertz CT molecular complexity index is 466. The summed E-state index contributed by atoms with van der Waals surface area (Å²) < 4.78 is 0. The molecule has 1 heterocycles. The van der Waals surface area contributed by atoms with E-state index in [4.69, 9.17) is 0 Å². The average molecular weight is 254 g/mol. The maximum absolute atomic E-state index is 11.1. The summed E-state index contributed by atoms with van der Waals surface area (Å²) in [4.78, 5) is 11.1. The van der Waals surface area contributed by atoms with Gasteiger partial charge in [0, 0.05) is 11.1 Å². The molecule has 0 aliphatic rings. The molecule has 0 unspecified atom stereocenters. The molecule has 0 bridgehead atoms. The number of fused-ring (bicyclic) bond motifs is 1. The minimum absolute atomic E-state index is 0.0622. The standard InChI is InChI=1S/C9H8BrN3O/c10-4-9(14)12-7-1-2-8-6(3-7)5-11-13-8/h1-3,5H,4H2,(H,11,13)(H,12,14). The fourth-order valence-electron chi connectivity index (χ4n) is 1.21. The number of alkyl halides is 1. The van der Waals surface area contributed by atoms with Crippen molar-refractivity contribution < 1.29 is 4.79 Å². The number of nitrogens with one attached hydrogen (secondary N) is 2. The van der Waals surface area contributed by atoms with Crippen molar-refractivity contribution in [3.05, 3.63) is 24.4 Å². The third kappa shape index (κ3) is 1.77. The maximum Gasteiger partial charge on any atom is 0.235 e. The van der Waals surface area contributed by atoms with E-state index in [0.29, 0.717) is 5.33 Å². The zero-order valence-electron chi connectivity index (χ0n) is 7.25. The van der Waals surface area contributed by atoms with Gasteiger partial charge in [0.05, 0.1) is 17.0 Å². The Hall–Kier alpha value is -1.36. The highest BCUT2D eigenvalue weighted by molar-refractivity contribution is 9.09. The second-order valence-electron chi connectivity index (χ2n) is 2.85. The lowest BCUT2D eigenvalue weighted by Gasteiger charge is -2.01. The zero-order chi connectivity index (χ0) is 9.97. The molecule has 0 radical (unpaired) electrons. The molecule has 14 heavy (non-hydrogen) atoms. The van der Waals surface area contributed by atoms with Crippen molar-refractivity contribution >= 4 is 38.4 Å². The molecular weight excluding hydrogens is 246 g/mol.